The highest BCUT2D eigenvalue weighted by molar-refractivity contribution is 6.34. The molecule has 0 aliphatic carbocycles. The summed E-state index contributed by atoms with van der Waals surface area (Å²) in [5.74, 6) is -1.19. The van der Waals surface area contributed by atoms with E-state index in [-0.39, 0.29) is 50.0 Å². The van der Waals surface area contributed by atoms with Crippen molar-refractivity contribution in [2.24, 2.45) is 0 Å². The Morgan fingerprint density at radius 3 is 1.37 bits per heavy atom. The molecule has 0 aliphatic rings. The van der Waals surface area contributed by atoms with Crippen LogP contribution in [0.3, 0.4) is 0 Å². The number of benzene rings is 4. The van der Waals surface area contributed by atoms with Gasteiger partial charge < -0.3 is 43.1 Å². The van der Waals surface area contributed by atoms with E-state index in [0.717, 1.165) is 12.1 Å². The van der Waals surface area contributed by atoms with Crippen molar-refractivity contribution in [2.75, 3.05) is 49.8 Å². The van der Waals surface area contributed by atoms with Gasteiger partial charge in [0.15, 0.2) is 46.3 Å². The molecule has 8 rings (SSSR count). The largest absolute Gasteiger partial charge is 0.495 e. The van der Waals surface area contributed by atoms with Gasteiger partial charge in [0.05, 0.1) is 72.9 Å². The fourth-order valence-corrected chi connectivity index (χ4v) is 6.11. The van der Waals surface area contributed by atoms with Crippen LogP contribution in [-0.4, -0.2) is 69.7 Å². The predicted molar refractivity (Wildman–Crippen MR) is 223 cm³/mol. The minimum Gasteiger partial charge on any atom is -0.495 e. The van der Waals surface area contributed by atoms with Crippen molar-refractivity contribution in [1.29, 1.82) is 0 Å². The number of nitrogens with zero attached hydrogens (tertiary/aromatic N) is 2. The van der Waals surface area contributed by atoms with Crippen LogP contribution in [-0.2, 0) is 0 Å². The fraction of sp³-hybridized carbons (Fsp3) is 0.163. The zero-order chi connectivity index (χ0) is 45.2. The number of hydrogen-bond donors (Lipinski definition) is 2. The van der Waals surface area contributed by atoms with Crippen molar-refractivity contribution in [3.63, 3.8) is 0 Å². The molecular weight excluding hydrogens is 847 g/mol. The normalized spacial score (nSPS) is 10.5. The standard InChI is InChI=1S/C11H9ClFNO2.C11H9F2NO2.C11H10FNO3.C10H8FNO2/c1-15-9-4-6-7(3-8(9)13)11(12)14-5-10(6)16-2;1-15-9-4-6-7(3-8(9)12)11(13)14-5-10(6)16-2;1-15-9-4-6-7(3-8(9)12)11(14)13-5-10(6)16-2;1-14-9-4-6-2-3-12-10(13)7(6)5-8(9)11/h2*3-5H,1-2H3;3-5H,1-2H3,(H,13,14);2-5H,1H3,(H,12,13). The van der Waals surface area contributed by atoms with Gasteiger partial charge in [-0.25, -0.2) is 27.5 Å². The molecule has 0 fully saturated rings. The molecule has 0 atom stereocenters. The smallest absolute Gasteiger partial charge is 0.256 e. The molecule has 4 aromatic heterocycles. The zero-order valence-corrected chi connectivity index (χ0v) is 34.6. The summed E-state index contributed by atoms with van der Waals surface area (Å²) in [5, 5.41) is 3.63. The van der Waals surface area contributed by atoms with Crippen LogP contribution in [0.2, 0.25) is 5.15 Å². The summed E-state index contributed by atoms with van der Waals surface area (Å²) >= 11 is 5.88. The molecule has 0 aliphatic heterocycles. The maximum Gasteiger partial charge on any atom is 0.256 e. The first-order chi connectivity index (χ1) is 29.7. The third-order valence-electron chi connectivity index (χ3n) is 8.99. The summed E-state index contributed by atoms with van der Waals surface area (Å²) < 4.78 is 101. The Morgan fingerprint density at radius 2 is 0.855 bits per heavy atom. The third kappa shape index (κ3) is 9.82. The van der Waals surface area contributed by atoms with Crippen LogP contribution in [0.25, 0.3) is 43.1 Å². The van der Waals surface area contributed by atoms with E-state index in [1.54, 1.807) is 6.07 Å². The topological polar surface area (TPSA) is 156 Å². The lowest BCUT2D eigenvalue weighted by atomic mass is 10.1. The Labute approximate surface area is 353 Å². The van der Waals surface area contributed by atoms with Crippen molar-refractivity contribution in [2.45, 2.75) is 0 Å². The molecule has 0 bridgehead atoms. The lowest BCUT2D eigenvalue weighted by molar-refractivity contribution is 0.386. The van der Waals surface area contributed by atoms with E-state index in [1.165, 1.54) is 111 Å². The molecular formula is C43H36ClF5N4O9. The van der Waals surface area contributed by atoms with E-state index in [0.29, 0.717) is 49.6 Å². The Bertz CT molecular complexity index is 2930. The summed E-state index contributed by atoms with van der Waals surface area (Å²) in [7, 11) is 9.92. The molecule has 0 saturated heterocycles. The van der Waals surface area contributed by atoms with Gasteiger partial charge >= 0.3 is 0 Å². The summed E-state index contributed by atoms with van der Waals surface area (Å²) in [5.41, 5.74) is -0.665. The van der Waals surface area contributed by atoms with Gasteiger partial charge in [-0.1, -0.05) is 11.6 Å². The van der Waals surface area contributed by atoms with E-state index >= 15 is 0 Å². The monoisotopic (exact) mass is 882 g/mol. The number of aromatic nitrogens is 4. The molecule has 0 unspecified atom stereocenters. The summed E-state index contributed by atoms with van der Waals surface area (Å²) in [6.45, 7) is 0. The molecule has 0 amide bonds. The average Bonchev–Trinajstić information content (AvgIpc) is 3.27. The van der Waals surface area contributed by atoms with Crippen LogP contribution in [0.15, 0.2) is 89.0 Å². The number of rotatable bonds is 7. The van der Waals surface area contributed by atoms with Crippen LogP contribution in [0.5, 0.6) is 40.2 Å². The molecule has 4 heterocycles. The van der Waals surface area contributed by atoms with Gasteiger partial charge in [-0.15, -0.1) is 0 Å². The average molecular weight is 883 g/mol. The van der Waals surface area contributed by atoms with E-state index < -0.39 is 29.2 Å². The number of methoxy groups -OCH3 is 7. The molecule has 324 valence electrons. The summed E-state index contributed by atoms with van der Waals surface area (Å²) in [4.78, 5) is 35.1. The van der Waals surface area contributed by atoms with Gasteiger partial charge in [0.2, 0.25) is 5.95 Å². The lowest BCUT2D eigenvalue weighted by Crippen LogP contribution is -2.07. The van der Waals surface area contributed by atoms with Crippen LogP contribution in [0.1, 0.15) is 0 Å². The minimum atomic E-state index is -0.739. The number of pyridine rings is 4. The number of halogens is 6. The summed E-state index contributed by atoms with van der Waals surface area (Å²) in [6.07, 6.45) is 5.68. The molecule has 0 spiro atoms. The third-order valence-corrected chi connectivity index (χ3v) is 9.29. The van der Waals surface area contributed by atoms with Gasteiger partial charge in [0.25, 0.3) is 11.1 Å². The second-order valence-electron chi connectivity index (χ2n) is 12.4. The molecule has 0 radical (unpaired) electrons. The highest BCUT2D eigenvalue weighted by Crippen LogP contribution is 2.35. The molecule has 62 heavy (non-hydrogen) atoms. The summed E-state index contributed by atoms with van der Waals surface area (Å²) in [6, 6.07) is 12.2. The van der Waals surface area contributed by atoms with E-state index in [2.05, 4.69) is 19.9 Å². The SMILES string of the molecule is COc1cc2c(OC)c[nH]c(=O)c2cc1F.COc1cc2c(OC)cnc(Cl)c2cc1F.COc1cc2c(OC)cnc(F)c2cc1F.COc1cc2cc[nH]c(=O)c2cc1F. The molecule has 0 saturated carbocycles. The number of fused-ring (bicyclic) bond motifs is 4. The number of H-pyrrole nitrogens is 2. The van der Waals surface area contributed by atoms with Gasteiger partial charge in [-0.3, -0.25) is 9.59 Å². The Balaban J connectivity index is 0.000000156. The van der Waals surface area contributed by atoms with Crippen molar-refractivity contribution >= 4 is 54.7 Å². The van der Waals surface area contributed by atoms with Gasteiger partial charge in [0, 0.05) is 39.3 Å². The van der Waals surface area contributed by atoms with Crippen molar-refractivity contribution in [1.82, 2.24) is 19.9 Å². The molecule has 19 heteroatoms. The van der Waals surface area contributed by atoms with Crippen molar-refractivity contribution in [3.8, 4) is 40.2 Å². The van der Waals surface area contributed by atoms with Crippen LogP contribution < -0.4 is 44.3 Å². The molecule has 4 aromatic carbocycles. The quantitative estimate of drug-likeness (QED) is 0.116. The first-order valence-electron chi connectivity index (χ1n) is 17.7. The fourth-order valence-electron chi connectivity index (χ4n) is 5.90. The minimum absolute atomic E-state index is 0.0383. The highest BCUT2D eigenvalue weighted by atomic mass is 35.5. The van der Waals surface area contributed by atoms with Gasteiger partial charge in [-0.2, -0.15) is 4.39 Å². The Morgan fingerprint density at radius 1 is 0.452 bits per heavy atom. The lowest BCUT2D eigenvalue weighted by Gasteiger charge is -2.08. The Hall–Kier alpha value is -7.34. The highest BCUT2D eigenvalue weighted by Gasteiger charge is 2.15. The first-order valence-corrected chi connectivity index (χ1v) is 18.1. The van der Waals surface area contributed by atoms with Gasteiger partial charge in [-0.05, 0) is 60.0 Å². The Kier molecular flexibility index (Phi) is 15.0. The number of hydrogen-bond acceptors (Lipinski definition) is 11. The maximum absolute atomic E-state index is 13.5. The van der Waals surface area contributed by atoms with Crippen LogP contribution in [0, 0.1) is 29.2 Å². The predicted octanol–water partition coefficient (Wildman–Crippen LogP) is 8.93. The van der Waals surface area contributed by atoms with E-state index in [1.807, 2.05) is 0 Å². The zero-order valence-electron chi connectivity index (χ0n) is 33.8. The number of nitrogens with one attached hydrogen (secondary N) is 2. The second kappa shape index (κ2) is 20.3. The van der Waals surface area contributed by atoms with Crippen molar-refractivity contribution in [3.05, 3.63) is 134 Å². The van der Waals surface area contributed by atoms with Crippen molar-refractivity contribution < 1.29 is 55.1 Å². The number of aromatic amines is 2. The van der Waals surface area contributed by atoms with E-state index in [4.69, 9.17) is 44.8 Å². The van der Waals surface area contributed by atoms with E-state index in [9.17, 15) is 31.5 Å². The number of ether oxygens (including phenoxy) is 7. The van der Waals surface area contributed by atoms with Gasteiger partial charge in [0.1, 0.15) is 22.4 Å². The van der Waals surface area contributed by atoms with Crippen LogP contribution in [0.4, 0.5) is 22.0 Å². The molecule has 2 N–H and O–H groups in total. The second-order valence-corrected chi connectivity index (χ2v) is 12.8. The molecule has 8 aromatic rings. The van der Waals surface area contributed by atoms with Crippen LogP contribution >= 0.6 is 11.6 Å². The maximum atomic E-state index is 13.5. The molecule has 13 nitrogen and oxygen atoms in total. The first kappa shape index (κ1) is 45.7.